The molecule has 51 heavy (non-hydrogen) atoms. The molecule has 0 aliphatic heterocycles. The quantitative estimate of drug-likeness (QED) is 0.190. The summed E-state index contributed by atoms with van der Waals surface area (Å²) in [6, 6.07) is 58.0. The van der Waals surface area contributed by atoms with Gasteiger partial charge >= 0.3 is 0 Å². The summed E-state index contributed by atoms with van der Waals surface area (Å²) >= 11 is 0. The molecule has 4 heterocycles. The molecule has 0 spiro atoms. The highest BCUT2D eigenvalue weighted by Gasteiger charge is 2.19. The number of hydrogen-bond acceptors (Lipinski definition) is 3. The zero-order valence-electron chi connectivity index (χ0n) is 27.4. The summed E-state index contributed by atoms with van der Waals surface area (Å²) in [4.78, 5) is 10.0. The number of aromatic nitrogens is 4. The zero-order chi connectivity index (χ0) is 33.5. The molecule has 0 unspecified atom stereocenters. The molecule has 0 fully saturated rings. The van der Waals surface area contributed by atoms with Crippen LogP contribution in [0.25, 0.3) is 99.6 Å². The molecular formula is C46H28N4O. The second-order valence-electron chi connectivity index (χ2n) is 13.0. The summed E-state index contributed by atoms with van der Waals surface area (Å²) in [5, 5.41) is 5.76. The van der Waals surface area contributed by atoms with Gasteiger partial charge in [0.05, 0.1) is 34.0 Å². The van der Waals surface area contributed by atoms with Gasteiger partial charge in [0.25, 0.3) is 0 Å². The largest absolute Gasteiger partial charge is 0.453 e. The van der Waals surface area contributed by atoms with Crippen molar-refractivity contribution in [1.29, 1.82) is 0 Å². The summed E-state index contributed by atoms with van der Waals surface area (Å²) in [5.74, 6) is 0.618. The average molecular weight is 653 g/mol. The van der Waals surface area contributed by atoms with Crippen LogP contribution in [0, 0.1) is 0 Å². The number of rotatable bonds is 4. The van der Waals surface area contributed by atoms with Gasteiger partial charge in [-0.3, -0.25) is 4.57 Å². The molecule has 5 nitrogen and oxygen atoms in total. The van der Waals surface area contributed by atoms with Crippen molar-refractivity contribution < 1.29 is 4.42 Å². The van der Waals surface area contributed by atoms with E-state index < -0.39 is 0 Å². The van der Waals surface area contributed by atoms with Gasteiger partial charge in [-0.15, -0.1) is 0 Å². The maximum atomic E-state index is 6.32. The fourth-order valence-corrected chi connectivity index (χ4v) is 7.92. The molecule has 11 rings (SSSR count). The summed E-state index contributed by atoms with van der Waals surface area (Å²) in [5.41, 5.74) is 12.4. The Bertz CT molecular complexity index is 3090. The molecule has 0 amide bonds. The summed E-state index contributed by atoms with van der Waals surface area (Å²) < 4.78 is 10.9. The second-order valence-corrected chi connectivity index (χ2v) is 13.0. The fraction of sp³-hybridized carbons (Fsp3) is 0. The minimum atomic E-state index is 0.618. The molecular weight excluding hydrogens is 625 g/mol. The lowest BCUT2D eigenvalue weighted by Gasteiger charge is -2.14. The van der Waals surface area contributed by atoms with Gasteiger partial charge in [0.15, 0.2) is 5.58 Å². The molecule has 7 aromatic carbocycles. The van der Waals surface area contributed by atoms with Gasteiger partial charge in [-0.25, -0.2) is 9.97 Å². The maximum absolute atomic E-state index is 6.32. The molecule has 238 valence electrons. The van der Waals surface area contributed by atoms with E-state index in [2.05, 4.69) is 173 Å². The lowest BCUT2D eigenvalue weighted by Crippen LogP contribution is -2.00. The standard InChI is InChI=1S/C46H28N4O/c1-2-12-29(13-3-1)30-22-24-36-35-17-5-9-19-39(35)49(42(36)27-30)38-18-8-4-14-32(38)31-23-25-43-37(26-31)45-44(51-43)28-47-46(48-45)50-40-20-10-6-15-33(40)34-16-7-11-21-41(34)50/h1-28H. The van der Waals surface area contributed by atoms with E-state index in [1.165, 1.54) is 43.7 Å². The lowest BCUT2D eigenvalue weighted by molar-refractivity contribution is 0.665. The monoisotopic (exact) mass is 652 g/mol. The smallest absolute Gasteiger partial charge is 0.235 e. The Labute approximate surface area is 292 Å². The summed E-state index contributed by atoms with van der Waals surface area (Å²) in [6.07, 6.45) is 1.80. The van der Waals surface area contributed by atoms with Crippen LogP contribution >= 0.6 is 0 Å². The molecule has 11 aromatic rings. The number of benzene rings is 7. The van der Waals surface area contributed by atoms with E-state index in [9.17, 15) is 0 Å². The number of hydrogen-bond donors (Lipinski definition) is 0. The second kappa shape index (κ2) is 10.8. The van der Waals surface area contributed by atoms with Gasteiger partial charge in [0.2, 0.25) is 5.95 Å². The van der Waals surface area contributed by atoms with Crippen LogP contribution < -0.4 is 0 Å². The number of para-hydroxylation sites is 4. The van der Waals surface area contributed by atoms with E-state index in [1.54, 1.807) is 6.20 Å². The SMILES string of the molecule is c1ccc(-c2ccc3c4ccccc4n(-c4ccccc4-c4ccc5oc6cnc(-n7c8ccccc8c8ccccc87)nc6c5c4)c3c2)cc1. The third kappa shape index (κ3) is 4.15. The van der Waals surface area contributed by atoms with Crippen LogP contribution in [0.3, 0.4) is 0 Å². The lowest BCUT2D eigenvalue weighted by atomic mass is 10.0. The molecule has 0 radical (unpaired) electrons. The van der Waals surface area contributed by atoms with E-state index in [0.717, 1.165) is 44.3 Å². The normalized spacial score (nSPS) is 11.9. The highest BCUT2D eigenvalue weighted by atomic mass is 16.3. The van der Waals surface area contributed by atoms with Crippen molar-refractivity contribution >= 4 is 65.7 Å². The molecule has 0 bridgehead atoms. The zero-order valence-corrected chi connectivity index (χ0v) is 27.4. The molecule has 5 heteroatoms. The number of nitrogens with zero attached hydrogens (tertiary/aromatic N) is 4. The average Bonchev–Trinajstić information content (AvgIpc) is 3.85. The molecule has 0 atom stereocenters. The Balaban J connectivity index is 1.12. The van der Waals surface area contributed by atoms with Gasteiger partial charge in [0, 0.05) is 32.5 Å². The van der Waals surface area contributed by atoms with Crippen LogP contribution in [0.1, 0.15) is 0 Å². The number of furan rings is 1. The van der Waals surface area contributed by atoms with Crippen LogP contribution in [-0.4, -0.2) is 19.1 Å². The Kier molecular flexibility index (Phi) is 5.89. The van der Waals surface area contributed by atoms with Crippen molar-refractivity contribution in [3.05, 3.63) is 170 Å². The Hall–Kier alpha value is -6.98. The predicted molar refractivity (Wildman–Crippen MR) is 209 cm³/mol. The van der Waals surface area contributed by atoms with Crippen molar-refractivity contribution in [1.82, 2.24) is 19.1 Å². The van der Waals surface area contributed by atoms with Crippen molar-refractivity contribution in [2.24, 2.45) is 0 Å². The minimum absolute atomic E-state index is 0.618. The van der Waals surface area contributed by atoms with Crippen LogP contribution in [0.2, 0.25) is 0 Å². The van der Waals surface area contributed by atoms with E-state index in [1.807, 2.05) is 0 Å². The maximum Gasteiger partial charge on any atom is 0.235 e. The predicted octanol–water partition coefficient (Wildman–Crippen LogP) is 11.9. The van der Waals surface area contributed by atoms with Crippen molar-refractivity contribution in [2.45, 2.75) is 0 Å². The Morgan fingerprint density at radius 1 is 0.412 bits per heavy atom. The molecule has 4 aromatic heterocycles. The molecule has 0 saturated carbocycles. The van der Waals surface area contributed by atoms with Crippen LogP contribution in [0.15, 0.2) is 174 Å². The van der Waals surface area contributed by atoms with Crippen molar-refractivity contribution in [3.63, 3.8) is 0 Å². The van der Waals surface area contributed by atoms with Gasteiger partial charge in [-0.1, -0.05) is 121 Å². The first-order valence-electron chi connectivity index (χ1n) is 17.2. The first kappa shape index (κ1) is 27.9. The minimum Gasteiger partial charge on any atom is -0.453 e. The van der Waals surface area contributed by atoms with Crippen molar-refractivity contribution in [2.75, 3.05) is 0 Å². The first-order valence-corrected chi connectivity index (χ1v) is 17.2. The van der Waals surface area contributed by atoms with Crippen LogP contribution in [-0.2, 0) is 0 Å². The number of fused-ring (bicyclic) bond motifs is 9. The van der Waals surface area contributed by atoms with Crippen LogP contribution in [0.5, 0.6) is 0 Å². The summed E-state index contributed by atoms with van der Waals surface area (Å²) in [6.45, 7) is 0. The molecule has 0 N–H and O–H groups in total. The molecule has 0 saturated heterocycles. The van der Waals surface area contributed by atoms with E-state index in [0.29, 0.717) is 11.5 Å². The van der Waals surface area contributed by atoms with E-state index in [-0.39, 0.29) is 0 Å². The summed E-state index contributed by atoms with van der Waals surface area (Å²) in [7, 11) is 0. The molecule has 0 aliphatic carbocycles. The van der Waals surface area contributed by atoms with Gasteiger partial charge in [0.1, 0.15) is 11.1 Å². The van der Waals surface area contributed by atoms with E-state index in [4.69, 9.17) is 14.4 Å². The first-order chi connectivity index (χ1) is 25.3. The van der Waals surface area contributed by atoms with Crippen LogP contribution in [0.4, 0.5) is 0 Å². The third-order valence-corrected chi connectivity index (χ3v) is 10.2. The van der Waals surface area contributed by atoms with Gasteiger partial charge < -0.3 is 8.98 Å². The molecule has 0 aliphatic rings. The Morgan fingerprint density at radius 2 is 1.02 bits per heavy atom. The Morgan fingerprint density at radius 3 is 1.76 bits per heavy atom. The highest BCUT2D eigenvalue weighted by Crippen LogP contribution is 2.40. The third-order valence-electron chi connectivity index (χ3n) is 10.2. The van der Waals surface area contributed by atoms with Gasteiger partial charge in [-0.2, -0.15) is 0 Å². The van der Waals surface area contributed by atoms with E-state index >= 15 is 0 Å². The topological polar surface area (TPSA) is 48.8 Å². The van der Waals surface area contributed by atoms with Gasteiger partial charge in [-0.05, 0) is 59.2 Å². The highest BCUT2D eigenvalue weighted by molar-refractivity contribution is 6.12. The fourth-order valence-electron chi connectivity index (χ4n) is 7.92. The van der Waals surface area contributed by atoms with Crippen molar-refractivity contribution in [3.8, 4) is 33.9 Å².